The third-order valence-electron chi connectivity index (χ3n) is 1.90. The molecule has 0 aliphatic rings. The first kappa shape index (κ1) is 12.8. The van der Waals surface area contributed by atoms with Crippen LogP contribution in [0.5, 0.6) is 0 Å². The molecular weight excluding hydrogens is 224 g/mol. The number of amides is 1. The van der Waals surface area contributed by atoms with E-state index in [0.717, 1.165) is 5.13 Å². The Morgan fingerprint density at radius 2 is 2.19 bits per heavy atom. The van der Waals surface area contributed by atoms with Crippen molar-refractivity contribution in [2.75, 3.05) is 31.3 Å². The summed E-state index contributed by atoms with van der Waals surface area (Å²) in [4.78, 5) is 18.2. The van der Waals surface area contributed by atoms with Crippen LogP contribution >= 0.6 is 11.3 Å². The van der Waals surface area contributed by atoms with E-state index in [4.69, 9.17) is 5.73 Å². The van der Waals surface area contributed by atoms with Gasteiger partial charge in [0.2, 0.25) is 0 Å². The van der Waals surface area contributed by atoms with Gasteiger partial charge in [0.05, 0.1) is 0 Å². The lowest BCUT2D eigenvalue weighted by Gasteiger charge is -2.06. The van der Waals surface area contributed by atoms with Crippen LogP contribution < -0.4 is 16.0 Å². The second-order valence-electron chi connectivity index (χ2n) is 4.21. The summed E-state index contributed by atoms with van der Waals surface area (Å²) in [6, 6.07) is 0. The Morgan fingerprint density at radius 3 is 2.62 bits per heavy atom. The fourth-order valence-electron chi connectivity index (χ4n) is 1.05. The summed E-state index contributed by atoms with van der Waals surface area (Å²) in [6.45, 7) is 4.73. The Kier molecular flexibility index (Phi) is 4.12. The van der Waals surface area contributed by atoms with E-state index in [0.29, 0.717) is 23.2 Å². The molecule has 6 heteroatoms. The minimum absolute atomic E-state index is 0.142. The lowest BCUT2D eigenvalue weighted by molar-refractivity contribution is 0.0953. The number of hydrogen-bond acceptors (Lipinski definition) is 5. The van der Waals surface area contributed by atoms with Crippen molar-refractivity contribution in [3.63, 3.8) is 0 Å². The van der Waals surface area contributed by atoms with Crippen LogP contribution in [0, 0.1) is 5.92 Å². The summed E-state index contributed by atoms with van der Waals surface area (Å²) in [5.74, 6) is 0.582. The van der Waals surface area contributed by atoms with Crippen molar-refractivity contribution < 1.29 is 4.79 Å². The monoisotopic (exact) mass is 242 g/mol. The zero-order chi connectivity index (χ0) is 12.3. The molecule has 0 atom stereocenters. The molecule has 0 saturated heterocycles. The van der Waals surface area contributed by atoms with E-state index < -0.39 is 0 Å². The highest BCUT2D eigenvalue weighted by Gasteiger charge is 2.16. The van der Waals surface area contributed by atoms with Gasteiger partial charge in [-0.05, 0) is 5.92 Å². The minimum atomic E-state index is -0.142. The predicted octanol–water partition coefficient (Wildman–Crippen LogP) is 1.18. The topological polar surface area (TPSA) is 71.2 Å². The van der Waals surface area contributed by atoms with Crippen LogP contribution in [0.15, 0.2) is 0 Å². The van der Waals surface area contributed by atoms with Crippen molar-refractivity contribution in [3.8, 4) is 0 Å². The molecule has 1 heterocycles. The van der Waals surface area contributed by atoms with Crippen LogP contribution in [-0.4, -0.2) is 31.5 Å². The number of nitrogen functional groups attached to an aromatic ring is 1. The molecule has 1 rings (SSSR count). The molecule has 0 bridgehead atoms. The van der Waals surface area contributed by atoms with E-state index in [-0.39, 0.29) is 5.91 Å². The molecule has 0 spiro atoms. The summed E-state index contributed by atoms with van der Waals surface area (Å²) in [5, 5.41) is 3.57. The van der Waals surface area contributed by atoms with Gasteiger partial charge in [0.15, 0.2) is 5.13 Å². The van der Waals surface area contributed by atoms with E-state index in [2.05, 4.69) is 10.3 Å². The Morgan fingerprint density at radius 1 is 1.56 bits per heavy atom. The molecule has 1 amide bonds. The molecule has 0 aliphatic carbocycles. The van der Waals surface area contributed by atoms with Gasteiger partial charge in [-0.15, -0.1) is 0 Å². The van der Waals surface area contributed by atoms with Gasteiger partial charge in [0.25, 0.3) is 5.91 Å². The van der Waals surface area contributed by atoms with E-state index in [1.165, 1.54) is 11.3 Å². The molecule has 0 unspecified atom stereocenters. The molecule has 0 saturated carbocycles. The maximum absolute atomic E-state index is 11.8. The van der Waals surface area contributed by atoms with Crippen LogP contribution in [0.2, 0.25) is 0 Å². The first-order valence-electron chi connectivity index (χ1n) is 5.13. The number of hydrogen-bond donors (Lipinski definition) is 2. The largest absolute Gasteiger partial charge is 0.382 e. The van der Waals surface area contributed by atoms with E-state index >= 15 is 0 Å². The summed E-state index contributed by atoms with van der Waals surface area (Å²) in [7, 11) is 3.74. The molecule has 3 N–H and O–H groups in total. The average Bonchev–Trinajstić information content (AvgIpc) is 2.57. The molecule has 1 aromatic rings. The summed E-state index contributed by atoms with van der Waals surface area (Å²) in [6.07, 6.45) is 0. The third kappa shape index (κ3) is 3.10. The number of nitrogens with one attached hydrogen (secondary N) is 1. The highest BCUT2D eigenvalue weighted by atomic mass is 32.1. The van der Waals surface area contributed by atoms with Crippen LogP contribution in [-0.2, 0) is 0 Å². The average molecular weight is 242 g/mol. The van der Waals surface area contributed by atoms with Crippen LogP contribution in [0.1, 0.15) is 23.5 Å². The smallest absolute Gasteiger partial charge is 0.265 e. The van der Waals surface area contributed by atoms with Gasteiger partial charge in [-0.2, -0.15) is 0 Å². The molecule has 1 aromatic heterocycles. The second-order valence-corrected chi connectivity index (χ2v) is 5.19. The number of rotatable bonds is 4. The minimum Gasteiger partial charge on any atom is -0.382 e. The highest BCUT2D eigenvalue weighted by molar-refractivity contribution is 7.18. The van der Waals surface area contributed by atoms with Crippen LogP contribution in [0.3, 0.4) is 0 Å². The number of nitrogens with two attached hydrogens (primary N) is 1. The first-order chi connectivity index (χ1) is 7.41. The maximum atomic E-state index is 11.8. The first-order valence-corrected chi connectivity index (χ1v) is 5.95. The summed E-state index contributed by atoms with van der Waals surface area (Å²) in [5.41, 5.74) is 5.70. The Labute approximate surface area is 99.7 Å². The summed E-state index contributed by atoms with van der Waals surface area (Å²) >= 11 is 1.31. The number of thiazole rings is 1. The van der Waals surface area contributed by atoms with Crippen molar-refractivity contribution in [2.45, 2.75) is 13.8 Å². The number of aromatic nitrogens is 1. The molecular formula is C10H18N4OS. The predicted molar refractivity (Wildman–Crippen MR) is 68.0 cm³/mol. The fourth-order valence-corrected chi connectivity index (χ4v) is 1.88. The van der Waals surface area contributed by atoms with E-state index in [1.807, 2.05) is 32.8 Å². The molecule has 0 aromatic carbocycles. The molecule has 90 valence electrons. The lowest BCUT2D eigenvalue weighted by Crippen LogP contribution is -2.27. The van der Waals surface area contributed by atoms with Crippen molar-refractivity contribution in [1.82, 2.24) is 10.3 Å². The van der Waals surface area contributed by atoms with Crippen LogP contribution in [0.4, 0.5) is 10.9 Å². The van der Waals surface area contributed by atoms with Crippen molar-refractivity contribution in [2.24, 2.45) is 5.92 Å². The third-order valence-corrected chi connectivity index (χ3v) is 3.14. The standard InChI is InChI=1S/C10H18N4OS/c1-6(2)5-12-9(15)7-8(11)13-10(16-7)14(3)4/h6H,5,11H2,1-4H3,(H,12,15). The Bertz CT molecular complexity index is 373. The molecule has 16 heavy (non-hydrogen) atoms. The molecule has 0 radical (unpaired) electrons. The maximum Gasteiger partial charge on any atom is 0.265 e. The fraction of sp³-hybridized carbons (Fsp3) is 0.600. The second kappa shape index (κ2) is 5.16. The Hall–Kier alpha value is -1.30. The Balaban J connectivity index is 2.75. The molecule has 0 aliphatic heterocycles. The van der Waals surface area contributed by atoms with Gasteiger partial charge in [0, 0.05) is 20.6 Å². The van der Waals surface area contributed by atoms with Gasteiger partial charge in [0.1, 0.15) is 10.7 Å². The molecule has 0 fully saturated rings. The lowest BCUT2D eigenvalue weighted by atomic mass is 10.2. The van der Waals surface area contributed by atoms with Crippen molar-refractivity contribution in [1.29, 1.82) is 0 Å². The number of carbonyl (C=O) groups excluding carboxylic acids is 1. The van der Waals surface area contributed by atoms with Crippen LogP contribution in [0.25, 0.3) is 0 Å². The zero-order valence-electron chi connectivity index (χ0n) is 10.1. The van der Waals surface area contributed by atoms with Crippen molar-refractivity contribution >= 4 is 28.2 Å². The zero-order valence-corrected chi connectivity index (χ0v) is 10.9. The number of nitrogens with zero attached hydrogens (tertiary/aromatic N) is 2. The SMILES string of the molecule is CC(C)CNC(=O)c1sc(N(C)C)nc1N. The summed E-state index contributed by atoms with van der Waals surface area (Å²) < 4.78 is 0. The highest BCUT2D eigenvalue weighted by Crippen LogP contribution is 2.26. The van der Waals surface area contributed by atoms with Crippen molar-refractivity contribution in [3.05, 3.63) is 4.88 Å². The number of carbonyl (C=O) groups is 1. The van der Waals surface area contributed by atoms with Gasteiger partial charge in [-0.25, -0.2) is 4.98 Å². The quantitative estimate of drug-likeness (QED) is 0.831. The van der Waals surface area contributed by atoms with E-state index in [1.54, 1.807) is 0 Å². The van der Waals surface area contributed by atoms with Gasteiger partial charge >= 0.3 is 0 Å². The van der Waals surface area contributed by atoms with Gasteiger partial charge in [-0.1, -0.05) is 25.2 Å². The number of anilines is 2. The van der Waals surface area contributed by atoms with E-state index in [9.17, 15) is 4.79 Å². The molecule has 5 nitrogen and oxygen atoms in total. The van der Waals surface area contributed by atoms with Gasteiger partial charge in [-0.3, -0.25) is 4.79 Å². The normalized spacial score (nSPS) is 10.6. The van der Waals surface area contributed by atoms with Gasteiger partial charge < -0.3 is 16.0 Å².